The summed E-state index contributed by atoms with van der Waals surface area (Å²) < 4.78 is 37.5. The minimum atomic E-state index is -4.40. The summed E-state index contributed by atoms with van der Waals surface area (Å²) in [6, 6.07) is 0.836. The number of rotatable bonds is 0. The lowest BCUT2D eigenvalue weighted by molar-refractivity contribution is -0.138. The second kappa shape index (κ2) is 3.32. The maximum absolute atomic E-state index is 12.2. The standard InChI is InChI=1S/C7H5F3INO/c1-12-3-4(7(8,9)10)2-5(11)6(12)13/h2-3H,1H3. The van der Waals surface area contributed by atoms with Crippen LogP contribution in [0.1, 0.15) is 5.56 Å². The van der Waals surface area contributed by atoms with Gasteiger partial charge in [0.1, 0.15) is 0 Å². The van der Waals surface area contributed by atoms with Gasteiger partial charge >= 0.3 is 6.18 Å². The molecule has 0 amide bonds. The molecule has 1 heterocycles. The van der Waals surface area contributed by atoms with Gasteiger partial charge in [0.25, 0.3) is 5.56 Å². The summed E-state index contributed by atoms with van der Waals surface area (Å²) in [4.78, 5) is 11.0. The van der Waals surface area contributed by atoms with Gasteiger partial charge in [-0.2, -0.15) is 13.2 Å². The molecule has 0 bridgehead atoms. The molecule has 0 aliphatic rings. The van der Waals surface area contributed by atoms with Crippen molar-refractivity contribution in [3.05, 3.63) is 31.8 Å². The molecule has 1 rings (SSSR count). The Morgan fingerprint density at radius 3 is 2.38 bits per heavy atom. The number of aromatic nitrogens is 1. The Morgan fingerprint density at radius 1 is 1.46 bits per heavy atom. The highest BCUT2D eigenvalue weighted by Crippen LogP contribution is 2.28. The second-order valence-corrected chi connectivity index (χ2v) is 3.65. The quantitative estimate of drug-likeness (QED) is 0.672. The second-order valence-electron chi connectivity index (χ2n) is 2.49. The van der Waals surface area contributed by atoms with Crippen LogP contribution in [-0.2, 0) is 13.2 Å². The van der Waals surface area contributed by atoms with Gasteiger partial charge in [0.15, 0.2) is 0 Å². The van der Waals surface area contributed by atoms with E-state index in [9.17, 15) is 18.0 Å². The van der Waals surface area contributed by atoms with E-state index < -0.39 is 17.3 Å². The molecule has 0 fully saturated rings. The van der Waals surface area contributed by atoms with Crippen molar-refractivity contribution < 1.29 is 13.2 Å². The van der Waals surface area contributed by atoms with Crippen LogP contribution in [-0.4, -0.2) is 4.57 Å². The molecular weight excluding hydrogens is 298 g/mol. The summed E-state index contributed by atoms with van der Waals surface area (Å²) >= 11 is 1.58. The van der Waals surface area contributed by atoms with Crippen LogP contribution < -0.4 is 5.56 Å². The zero-order valence-electron chi connectivity index (χ0n) is 6.52. The molecule has 0 N–H and O–H groups in total. The predicted octanol–water partition coefficient (Wildman–Crippen LogP) is 2.01. The molecular formula is C7H5F3INO. The molecule has 2 nitrogen and oxygen atoms in total. The van der Waals surface area contributed by atoms with Crippen molar-refractivity contribution in [2.45, 2.75) is 6.18 Å². The number of halogens is 4. The van der Waals surface area contributed by atoms with E-state index in [4.69, 9.17) is 0 Å². The van der Waals surface area contributed by atoms with Gasteiger partial charge in [-0.15, -0.1) is 0 Å². The van der Waals surface area contributed by atoms with Gasteiger partial charge in [-0.3, -0.25) is 4.79 Å². The van der Waals surface area contributed by atoms with Gasteiger partial charge in [0.05, 0.1) is 9.13 Å². The van der Waals surface area contributed by atoms with E-state index in [-0.39, 0.29) is 3.57 Å². The van der Waals surface area contributed by atoms with Gasteiger partial charge in [-0.05, 0) is 28.7 Å². The monoisotopic (exact) mass is 303 g/mol. The summed E-state index contributed by atoms with van der Waals surface area (Å²) in [5.74, 6) is 0. The van der Waals surface area contributed by atoms with Crippen LogP contribution in [0, 0.1) is 3.57 Å². The van der Waals surface area contributed by atoms with Crippen LogP contribution >= 0.6 is 22.6 Å². The Kier molecular flexibility index (Phi) is 2.69. The number of alkyl halides is 3. The summed E-state index contributed by atoms with van der Waals surface area (Å²) in [7, 11) is 1.29. The first-order chi connectivity index (χ1) is 5.82. The Bertz CT molecular complexity index is 356. The van der Waals surface area contributed by atoms with Gasteiger partial charge in [-0.25, -0.2) is 0 Å². The van der Waals surface area contributed by atoms with Crippen LogP contribution in [0.4, 0.5) is 13.2 Å². The molecule has 13 heavy (non-hydrogen) atoms. The zero-order valence-corrected chi connectivity index (χ0v) is 8.68. The molecule has 1 aromatic heterocycles. The highest BCUT2D eigenvalue weighted by atomic mass is 127. The first-order valence-electron chi connectivity index (χ1n) is 3.26. The van der Waals surface area contributed by atoms with E-state index >= 15 is 0 Å². The van der Waals surface area contributed by atoms with Crippen LogP contribution in [0.3, 0.4) is 0 Å². The average molecular weight is 303 g/mol. The molecule has 0 aromatic carbocycles. The van der Waals surface area contributed by atoms with E-state index in [1.807, 2.05) is 0 Å². The number of aryl methyl sites for hydroxylation is 1. The maximum atomic E-state index is 12.2. The largest absolute Gasteiger partial charge is 0.417 e. The molecule has 6 heteroatoms. The van der Waals surface area contributed by atoms with Crippen LogP contribution in [0.25, 0.3) is 0 Å². The van der Waals surface area contributed by atoms with Gasteiger partial charge in [0.2, 0.25) is 0 Å². The lowest BCUT2D eigenvalue weighted by Gasteiger charge is -2.08. The van der Waals surface area contributed by atoms with E-state index in [0.29, 0.717) is 0 Å². The molecule has 0 atom stereocenters. The Hall–Kier alpha value is -0.530. The summed E-state index contributed by atoms with van der Waals surface area (Å²) in [6.45, 7) is 0. The highest BCUT2D eigenvalue weighted by Gasteiger charge is 2.31. The van der Waals surface area contributed by atoms with E-state index in [2.05, 4.69) is 0 Å². The summed E-state index contributed by atoms with van der Waals surface area (Å²) in [6.07, 6.45) is -3.62. The van der Waals surface area contributed by atoms with Crippen LogP contribution in [0.5, 0.6) is 0 Å². The third kappa shape index (κ3) is 2.23. The highest BCUT2D eigenvalue weighted by molar-refractivity contribution is 14.1. The number of pyridine rings is 1. The van der Waals surface area contributed by atoms with Crippen molar-refractivity contribution in [3.63, 3.8) is 0 Å². The fourth-order valence-electron chi connectivity index (χ4n) is 0.826. The van der Waals surface area contributed by atoms with Crippen molar-refractivity contribution in [1.82, 2.24) is 4.57 Å². The Labute approximate surface area is 85.5 Å². The molecule has 0 aliphatic heterocycles. The van der Waals surface area contributed by atoms with Gasteiger partial charge in [0, 0.05) is 13.2 Å². The van der Waals surface area contributed by atoms with Crippen LogP contribution in [0.15, 0.2) is 17.1 Å². The zero-order chi connectivity index (χ0) is 10.2. The molecule has 72 valence electrons. The molecule has 0 saturated carbocycles. The molecule has 0 unspecified atom stereocenters. The summed E-state index contributed by atoms with van der Waals surface area (Å²) in [5.41, 5.74) is -1.23. The molecule has 0 radical (unpaired) electrons. The smallest absolute Gasteiger partial charge is 0.317 e. The van der Waals surface area contributed by atoms with E-state index in [1.165, 1.54) is 7.05 Å². The number of hydrogen-bond acceptors (Lipinski definition) is 1. The van der Waals surface area contributed by atoms with Crippen molar-refractivity contribution in [3.8, 4) is 0 Å². The van der Waals surface area contributed by atoms with Crippen molar-refractivity contribution in [1.29, 1.82) is 0 Å². The average Bonchev–Trinajstić information content (AvgIpc) is 1.97. The maximum Gasteiger partial charge on any atom is 0.417 e. The molecule has 0 spiro atoms. The number of hydrogen-bond donors (Lipinski definition) is 0. The Morgan fingerprint density at radius 2 is 2.00 bits per heavy atom. The normalized spacial score (nSPS) is 11.8. The SMILES string of the molecule is Cn1cc(C(F)(F)F)cc(I)c1=O. The Balaban J connectivity index is 3.38. The lowest BCUT2D eigenvalue weighted by Crippen LogP contribution is -2.21. The van der Waals surface area contributed by atoms with Crippen LogP contribution in [0.2, 0.25) is 0 Å². The molecule has 0 aliphatic carbocycles. The first-order valence-corrected chi connectivity index (χ1v) is 4.33. The van der Waals surface area contributed by atoms with Gasteiger partial charge < -0.3 is 4.57 Å². The van der Waals surface area contributed by atoms with E-state index in [0.717, 1.165) is 16.8 Å². The van der Waals surface area contributed by atoms with Gasteiger partial charge in [-0.1, -0.05) is 0 Å². The molecule has 1 aromatic rings. The van der Waals surface area contributed by atoms with Crippen molar-refractivity contribution >= 4 is 22.6 Å². The number of nitrogens with zero attached hydrogens (tertiary/aromatic N) is 1. The first kappa shape index (κ1) is 10.6. The molecule has 0 saturated heterocycles. The topological polar surface area (TPSA) is 22.0 Å². The van der Waals surface area contributed by atoms with E-state index in [1.54, 1.807) is 22.6 Å². The fraction of sp³-hybridized carbons (Fsp3) is 0.286. The summed E-state index contributed by atoms with van der Waals surface area (Å²) in [5, 5.41) is 0. The van der Waals surface area contributed by atoms with Crippen molar-refractivity contribution in [2.75, 3.05) is 0 Å². The third-order valence-electron chi connectivity index (χ3n) is 1.47. The predicted molar refractivity (Wildman–Crippen MR) is 49.4 cm³/mol. The third-order valence-corrected chi connectivity index (χ3v) is 2.24. The van der Waals surface area contributed by atoms with Crippen molar-refractivity contribution in [2.24, 2.45) is 7.05 Å². The fourth-order valence-corrected chi connectivity index (χ4v) is 1.54. The lowest BCUT2D eigenvalue weighted by atomic mass is 10.3. The minimum absolute atomic E-state index is 0.0647. The minimum Gasteiger partial charge on any atom is -0.317 e.